The third kappa shape index (κ3) is 36.7. The van der Waals surface area contributed by atoms with Crippen LogP contribution in [0.5, 0.6) is 0 Å². The van der Waals surface area contributed by atoms with Crippen molar-refractivity contribution in [1.29, 1.82) is 0 Å². The molecule has 0 heterocycles. The van der Waals surface area contributed by atoms with E-state index >= 15 is 0 Å². The van der Waals surface area contributed by atoms with Crippen LogP contribution in [0.3, 0.4) is 0 Å². The molecule has 0 unspecified atom stereocenters. The average molecular weight is 794 g/mol. The molecule has 7 heteroatoms. The van der Waals surface area contributed by atoms with Gasteiger partial charge in [0.2, 0.25) is 0 Å². The number of esters is 3. The number of hydrogen-bond acceptors (Lipinski definition) is 7. The van der Waals surface area contributed by atoms with E-state index in [1.165, 1.54) is 116 Å². The van der Waals surface area contributed by atoms with E-state index in [4.69, 9.17) is 14.2 Å². The number of rotatable bonds is 43. The summed E-state index contributed by atoms with van der Waals surface area (Å²) in [6, 6.07) is 0. The molecule has 0 N–H and O–H groups in total. The van der Waals surface area contributed by atoms with Gasteiger partial charge in [-0.1, -0.05) is 169 Å². The summed E-state index contributed by atoms with van der Waals surface area (Å²) in [7, 11) is 4.11. The number of unbranched alkanes of at least 4 members (excludes halogenated alkanes) is 18. The van der Waals surface area contributed by atoms with Gasteiger partial charge in [-0.25, -0.2) is 0 Å². The Hall–Kier alpha value is -1.63. The number of ether oxygens (including phenoxy) is 3. The third-order valence-corrected chi connectivity index (χ3v) is 11.5. The minimum Gasteiger partial charge on any atom is -0.466 e. The van der Waals surface area contributed by atoms with Gasteiger partial charge in [-0.05, 0) is 83.7 Å². The lowest BCUT2D eigenvalue weighted by atomic mass is 9.93. The topological polar surface area (TPSA) is 82.1 Å². The van der Waals surface area contributed by atoms with Gasteiger partial charge in [0.25, 0.3) is 0 Å². The first-order valence-corrected chi connectivity index (χ1v) is 24.4. The van der Waals surface area contributed by atoms with Crippen molar-refractivity contribution < 1.29 is 28.6 Å². The normalized spacial score (nSPS) is 11.7. The van der Waals surface area contributed by atoms with E-state index in [0.717, 1.165) is 90.0 Å². The molecule has 0 aromatic rings. The minimum atomic E-state index is 0.000671. The second kappa shape index (κ2) is 41.5. The predicted octanol–water partition coefficient (Wildman–Crippen LogP) is 14.0. The molecule has 0 aliphatic carbocycles. The molecule has 0 bridgehead atoms. The molecule has 0 saturated carbocycles. The molecule has 0 rings (SSSR count). The quantitative estimate of drug-likeness (QED) is 0.0345. The van der Waals surface area contributed by atoms with Crippen LogP contribution in [0.25, 0.3) is 0 Å². The zero-order valence-corrected chi connectivity index (χ0v) is 38.3. The van der Waals surface area contributed by atoms with Gasteiger partial charge in [0.15, 0.2) is 0 Å². The highest BCUT2D eigenvalue weighted by Gasteiger charge is 2.20. The Kier molecular flexibility index (Phi) is 40.3. The van der Waals surface area contributed by atoms with E-state index in [0.29, 0.717) is 44.5 Å². The van der Waals surface area contributed by atoms with Crippen molar-refractivity contribution in [1.82, 2.24) is 4.90 Å². The molecule has 7 nitrogen and oxygen atoms in total. The summed E-state index contributed by atoms with van der Waals surface area (Å²) in [6.45, 7) is 11.5. The van der Waals surface area contributed by atoms with Crippen LogP contribution in [-0.4, -0.2) is 63.3 Å². The molecule has 0 saturated heterocycles. The van der Waals surface area contributed by atoms with Gasteiger partial charge in [-0.15, -0.1) is 0 Å². The summed E-state index contributed by atoms with van der Waals surface area (Å²) in [5.41, 5.74) is 0. The van der Waals surface area contributed by atoms with Gasteiger partial charge in [0.1, 0.15) is 0 Å². The molecule has 0 aliphatic heterocycles. The average Bonchev–Trinajstić information content (AvgIpc) is 3.18. The largest absolute Gasteiger partial charge is 0.466 e. The first-order chi connectivity index (χ1) is 27.3. The Morgan fingerprint density at radius 2 is 0.714 bits per heavy atom. The van der Waals surface area contributed by atoms with Crippen LogP contribution in [0, 0.1) is 17.8 Å². The zero-order chi connectivity index (χ0) is 41.3. The molecular formula is C49H95NO6. The molecule has 0 fully saturated rings. The van der Waals surface area contributed by atoms with Gasteiger partial charge in [-0.3, -0.25) is 14.4 Å². The number of carbonyl (C=O) groups is 3. The molecule has 0 aliphatic rings. The minimum absolute atomic E-state index is 0.000671. The van der Waals surface area contributed by atoms with Crippen LogP contribution in [0.4, 0.5) is 0 Å². The summed E-state index contributed by atoms with van der Waals surface area (Å²) >= 11 is 0. The molecule has 0 radical (unpaired) electrons. The van der Waals surface area contributed by atoms with Crippen molar-refractivity contribution in [3.8, 4) is 0 Å². The highest BCUT2D eigenvalue weighted by Crippen LogP contribution is 2.23. The van der Waals surface area contributed by atoms with Crippen molar-refractivity contribution in [3.05, 3.63) is 0 Å². The maximum atomic E-state index is 13.0. The van der Waals surface area contributed by atoms with Gasteiger partial charge in [0, 0.05) is 19.4 Å². The Balaban J connectivity index is 4.15. The first-order valence-electron chi connectivity index (χ1n) is 24.4. The molecule has 0 spiro atoms. The summed E-state index contributed by atoms with van der Waals surface area (Å²) in [5.74, 6) is 1.03. The van der Waals surface area contributed by atoms with Crippen LogP contribution in [0.1, 0.15) is 240 Å². The van der Waals surface area contributed by atoms with E-state index in [1.54, 1.807) is 0 Å². The molecule has 0 atom stereocenters. The van der Waals surface area contributed by atoms with E-state index in [1.807, 2.05) is 0 Å². The maximum Gasteiger partial charge on any atom is 0.308 e. The van der Waals surface area contributed by atoms with Gasteiger partial charge < -0.3 is 19.1 Å². The fourth-order valence-electron chi connectivity index (χ4n) is 7.79. The number of nitrogens with zero attached hydrogens (tertiary/aromatic N) is 1. The molecule has 0 aromatic heterocycles. The predicted molar refractivity (Wildman–Crippen MR) is 237 cm³/mol. The van der Waals surface area contributed by atoms with Crippen molar-refractivity contribution >= 4 is 17.9 Å². The summed E-state index contributed by atoms with van der Waals surface area (Å²) in [5, 5.41) is 0. The van der Waals surface area contributed by atoms with Gasteiger partial charge >= 0.3 is 17.9 Å². The highest BCUT2D eigenvalue weighted by atomic mass is 16.5. The standard InChI is InChI=1S/C49H95NO6/c1-7-11-32-44(33-12-8-2)42-47(51)54-39-29-25-21-17-15-19-23-27-36-46(49(53)56-41-31-38-50(5)6)37-28-24-20-16-18-22-26-30-40-55-48(52)43-45(34-13-9-3)35-14-10-4/h44-46H,7-43H2,1-6H3. The van der Waals surface area contributed by atoms with Gasteiger partial charge in [0.05, 0.1) is 25.7 Å². The lowest BCUT2D eigenvalue weighted by Crippen LogP contribution is -2.21. The van der Waals surface area contributed by atoms with Crippen LogP contribution in [0.2, 0.25) is 0 Å². The van der Waals surface area contributed by atoms with Crippen molar-refractivity contribution in [3.63, 3.8) is 0 Å². The summed E-state index contributed by atoms with van der Waals surface area (Å²) in [4.78, 5) is 39.9. The van der Waals surface area contributed by atoms with Crippen molar-refractivity contribution in [2.75, 3.05) is 40.5 Å². The highest BCUT2D eigenvalue weighted by molar-refractivity contribution is 5.72. The number of hydrogen-bond donors (Lipinski definition) is 0. The fraction of sp³-hybridized carbons (Fsp3) is 0.939. The van der Waals surface area contributed by atoms with Crippen molar-refractivity contribution in [2.45, 2.75) is 240 Å². The SMILES string of the molecule is CCCCC(CCCC)CC(=O)OCCCCCCCCCCC(CCCCCCCCCCOC(=O)CC(CCCC)CCCC)C(=O)OCCCN(C)C. The van der Waals surface area contributed by atoms with Crippen LogP contribution >= 0.6 is 0 Å². The molecule has 0 amide bonds. The summed E-state index contributed by atoms with van der Waals surface area (Å²) in [6.07, 6.45) is 36.6. The van der Waals surface area contributed by atoms with Crippen LogP contribution in [0.15, 0.2) is 0 Å². The molecule has 0 aromatic carbocycles. The smallest absolute Gasteiger partial charge is 0.308 e. The van der Waals surface area contributed by atoms with E-state index in [-0.39, 0.29) is 23.8 Å². The Bertz CT molecular complexity index is 807. The second-order valence-electron chi connectivity index (χ2n) is 17.4. The van der Waals surface area contributed by atoms with Crippen molar-refractivity contribution in [2.24, 2.45) is 17.8 Å². The molecule has 332 valence electrons. The third-order valence-electron chi connectivity index (χ3n) is 11.5. The van der Waals surface area contributed by atoms with Crippen LogP contribution < -0.4 is 0 Å². The van der Waals surface area contributed by atoms with Gasteiger partial charge in [-0.2, -0.15) is 0 Å². The zero-order valence-electron chi connectivity index (χ0n) is 38.3. The van der Waals surface area contributed by atoms with E-state index < -0.39 is 0 Å². The Labute approximate surface area is 348 Å². The first kappa shape index (κ1) is 54.4. The molecule has 56 heavy (non-hydrogen) atoms. The lowest BCUT2D eigenvalue weighted by Gasteiger charge is -2.17. The monoisotopic (exact) mass is 794 g/mol. The summed E-state index contributed by atoms with van der Waals surface area (Å²) < 4.78 is 16.9. The molecular weight excluding hydrogens is 699 g/mol. The van der Waals surface area contributed by atoms with E-state index in [2.05, 4.69) is 46.7 Å². The maximum absolute atomic E-state index is 13.0. The Morgan fingerprint density at radius 1 is 0.393 bits per heavy atom. The Morgan fingerprint density at radius 3 is 1.05 bits per heavy atom. The second-order valence-corrected chi connectivity index (χ2v) is 17.4. The fourth-order valence-corrected chi connectivity index (χ4v) is 7.79. The van der Waals surface area contributed by atoms with Crippen LogP contribution in [-0.2, 0) is 28.6 Å². The lowest BCUT2D eigenvalue weighted by molar-refractivity contribution is -0.149. The van der Waals surface area contributed by atoms with E-state index in [9.17, 15) is 14.4 Å². The number of carbonyl (C=O) groups excluding carboxylic acids is 3.